The van der Waals surface area contributed by atoms with E-state index < -0.39 is 0 Å². The second kappa shape index (κ2) is 5.72. The monoisotopic (exact) mass is 294 g/mol. The van der Waals surface area contributed by atoms with Gasteiger partial charge in [-0.3, -0.25) is 9.78 Å². The molecule has 7 heteroatoms. The first kappa shape index (κ1) is 13.9. The third-order valence-electron chi connectivity index (χ3n) is 3.06. The second-order valence-corrected chi connectivity index (χ2v) is 4.79. The molecule has 3 aromatic rings. The number of aryl methyl sites for hydroxylation is 2. The maximum atomic E-state index is 12.1. The van der Waals surface area contributed by atoms with Crippen LogP contribution in [0.25, 0.3) is 5.82 Å². The molecule has 0 saturated carbocycles. The molecule has 0 bridgehead atoms. The Morgan fingerprint density at radius 2 is 1.91 bits per heavy atom. The van der Waals surface area contributed by atoms with Crippen LogP contribution in [0.3, 0.4) is 0 Å². The average molecular weight is 294 g/mol. The quantitative estimate of drug-likeness (QED) is 0.797. The molecule has 0 saturated heterocycles. The second-order valence-electron chi connectivity index (χ2n) is 4.79. The molecular weight excluding hydrogens is 280 g/mol. The van der Waals surface area contributed by atoms with Crippen LogP contribution < -0.4 is 5.32 Å². The molecule has 0 radical (unpaired) electrons. The molecule has 3 heterocycles. The van der Waals surface area contributed by atoms with Gasteiger partial charge in [-0.05, 0) is 32.0 Å². The van der Waals surface area contributed by atoms with Crippen LogP contribution in [-0.4, -0.2) is 30.6 Å². The van der Waals surface area contributed by atoms with Gasteiger partial charge >= 0.3 is 0 Å². The van der Waals surface area contributed by atoms with Gasteiger partial charge in [0.1, 0.15) is 12.1 Å². The number of hydrogen-bond donors (Lipinski definition) is 1. The van der Waals surface area contributed by atoms with Crippen LogP contribution >= 0.6 is 0 Å². The predicted molar refractivity (Wildman–Crippen MR) is 80.8 cm³/mol. The van der Waals surface area contributed by atoms with Crippen LogP contribution in [0.15, 0.2) is 43.0 Å². The minimum atomic E-state index is -0.250. The highest BCUT2D eigenvalue weighted by molar-refractivity contribution is 6.03. The lowest BCUT2D eigenvalue weighted by Crippen LogP contribution is -2.14. The normalized spacial score (nSPS) is 10.5. The zero-order valence-electron chi connectivity index (χ0n) is 12.2. The molecule has 0 aromatic carbocycles. The summed E-state index contributed by atoms with van der Waals surface area (Å²) < 4.78 is 1.71. The van der Waals surface area contributed by atoms with Gasteiger partial charge in [-0.1, -0.05) is 0 Å². The summed E-state index contributed by atoms with van der Waals surface area (Å²) in [6, 6.07) is 6.91. The van der Waals surface area contributed by atoms with Gasteiger partial charge in [-0.2, -0.15) is 5.10 Å². The van der Waals surface area contributed by atoms with Crippen molar-refractivity contribution >= 4 is 11.7 Å². The molecule has 0 aliphatic carbocycles. The van der Waals surface area contributed by atoms with E-state index in [-0.39, 0.29) is 5.91 Å². The van der Waals surface area contributed by atoms with Crippen molar-refractivity contribution in [3.8, 4) is 5.82 Å². The van der Waals surface area contributed by atoms with Gasteiger partial charge in [-0.25, -0.2) is 14.6 Å². The molecule has 3 rings (SSSR count). The zero-order valence-corrected chi connectivity index (χ0v) is 12.2. The number of hydrogen-bond acceptors (Lipinski definition) is 5. The lowest BCUT2D eigenvalue weighted by atomic mass is 10.2. The highest BCUT2D eigenvalue weighted by Gasteiger charge is 2.09. The van der Waals surface area contributed by atoms with Crippen LogP contribution in [0.4, 0.5) is 5.82 Å². The fraction of sp³-hybridized carbons (Fsp3) is 0.133. The Labute approximate surface area is 127 Å². The maximum Gasteiger partial charge on any atom is 0.256 e. The summed E-state index contributed by atoms with van der Waals surface area (Å²) in [6.45, 7) is 3.86. The number of aromatic nitrogens is 5. The fourth-order valence-corrected chi connectivity index (χ4v) is 2.08. The molecule has 0 unspecified atom stereocenters. The molecular formula is C15H14N6O. The Morgan fingerprint density at radius 1 is 1.14 bits per heavy atom. The number of amides is 1. The van der Waals surface area contributed by atoms with Crippen molar-refractivity contribution in [3.05, 3.63) is 59.9 Å². The van der Waals surface area contributed by atoms with Gasteiger partial charge in [0.15, 0.2) is 5.82 Å². The van der Waals surface area contributed by atoms with Gasteiger partial charge < -0.3 is 5.32 Å². The number of pyridine rings is 1. The van der Waals surface area contributed by atoms with Crippen molar-refractivity contribution in [2.45, 2.75) is 13.8 Å². The Morgan fingerprint density at radius 3 is 2.59 bits per heavy atom. The molecule has 3 aromatic heterocycles. The maximum absolute atomic E-state index is 12.1. The first-order valence-electron chi connectivity index (χ1n) is 6.70. The number of anilines is 1. The van der Waals surface area contributed by atoms with E-state index in [9.17, 15) is 4.79 Å². The molecule has 1 N–H and O–H groups in total. The Kier molecular flexibility index (Phi) is 3.61. The van der Waals surface area contributed by atoms with Gasteiger partial charge in [0.25, 0.3) is 5.91 Å². The smallest absolute Gasteiger partial charge is 0.256 e. The van der Waals surface area contributed by atoms with Crippen LogP contribution in [-0.2, 0) is 0 Å². The van der Waals surface area contributed by atoms with Crippen LogP contribution in [0.5, 0.6) is 0 Å². The summed E-state index contributed by atoms with van der Waals surface area (Å²) >= 11 is 0. The van der Waals surface area contributed by atoms with Crippen molar-refractivity contribution in [2.24, 2.45) is 0 Å². The van der Waals surface area contributed by atoms with Gasteiger partial charge in [0.05, 0.1) is 5.69 Å². The van der Waals surface area contributed by atoms with E-state index in [1.807, 2.05) is 19.9 Å². The largest absolute Gasteiger partial charge is 0.306 e. The molecule has 22 heavy (non-hydrogen) atoms. The van der Waals surface area contributed by atoms with E-state index in [0.717, 1.165) is 11.4 Å². The number of rotatable bonds is 3. The van der Waals surface area contributed by atoms with E-state index >= 15 is 0 Å². The summed E-state index contributed by atoms with van der Waals surface area (Å²) in [5.41, 5.74) is 2.38. The lowest BCUT2D eigenvalue weighted by molar-refractivity contribution is 0.102. The Balaban J connectivity index is 1.86. The zero-order chi connectivity index (χ0) is 15.5. The van der Waals surface area contributed by atoms with Gasteiger partial charge in [0.2, 0.25) is 0 Å². The van der Waals surface area contributed by atoms with E-state index in [4.69, 9.17) is 0 Å². The van der Waals surface area contributed by atoms with E-state index in [1.165, 1.54) is 6.33 Å². The van der Waals surface area contributed by atoms with E-state index in [1.54, 1.807) is 35.3 Å². The number of nitrogens with one attached hydrogen (secondary N) is 1. The average Bonchev–Trinajstić information content (AvgIpc) is 2.87. The summed E-state index contributed by atoms with van der Waals surface area (Å²) in [5, 5.41) is 7.10. The van der Waals surface area contributed by atoms with Crippen molar-refractivity contribution in [1.29, 1.82) is 0 Å². The fourth-order valence-electron chi connectivity index (χ4n) is 2.08. The van der Waals surface area contributed by atoms with E-state index in [0.29, 0.717) is 17.2 Å². The van der Waals surface area contributed by atoms with Crippen LogP contribution in [0.2, 0.25) is 0 Å². The van der Waals surface area contributed by atoms with Crippen molar-refractivity contribution in [2.75, 3.05) is 5.32 Å². The number of carbonyl (C=O) groups is 1. The van der Waals surface area contributed by atoms with Crippen molar-refractivity contribution in [1.82, 2.24) is 24.7 Å². The molecule has 0 atom stereocenters. The first-order chi connectivity index (χ1) is 10.6. The highest BCUT2D eigenvalue weighted by Crippen LogP contribution is 2.13. The molecule has 110 valence electrons. The van der Waals surface area contributed by atoms with Crippen molar-refractivity contribution < 1.29 is 4.79 Å². The standard InChI is InChI=1S/C15H14N6O/c1-10-7-11(2)21(20-10)14-8-13(17-9-18-14)19-15(22)12-3-5-16-6-4-12/h3-9H,1-2H3,(H,17,18,19,22). The Bertz CT molecular complexity index is 812. The molecule has 7 nitrogen and oxygen atoms in total. The predicted octanol–water partition coefficient (Wildman–Crippen LogP) is 1.93. The topological polar surface area (TPSA) is 85.6 Å². The summed E-state index contributed by atoms with van der Waals surface area (Å²) in [4.78, 5) is 24.3. The molecule has 1 amide bonds. The number of nitrogens with zero attached hydrogens (tertiary/aromatic N) is 5. The SMILES string of the molecule is Cc1cc(C)n(-c2cc(NC(=O)c3ccncc3)ncn2)n1. The Hall–Kier alpha value is -3.09. The minimum Gasteiger partial charge on any atom is -0.306 e. The summed E-state index contributed by atoms with van der Waals surface area (Å²) in [6.07, 6.45) is 4.53. The minimum absolute atomic E-state index is 0.250. The third kappa shape index (κ3) is 2.83. The van der Waals surface area contributed by atoms with Gasteiger partial charge in [-0.15, -0.1) is 0 Å². The number of carbonyl (C=O) groups excluding carboxylic acids is 1. The lowest BCUT2D eigenvalue weighted by Gasteiger charge is -2.07. The molecule has 0 aliphatic rings. The van der Waals surface area contributed by atoms with Crippen LogP contribution in [0.1, 0.15) is 21.7 Å². The molecule has 0 spiro atoms. The molecule has 0 fully saturated rings. The first-order valence-corrected chi connectivity index (χ1v) is 6.70. The van der Waals surface area contributed by atoms with Crippen molar-refractivity contribution in [3.63, 3.8) is 0 Å². The third-order valence-corrected chi connectivity index (χ3v) is 3.06. The van der Waals surface area contributed by atoms with Gasteiger partial charge in [0, 0.05) is 29.7 Å². The van der Waals surface area contributed by atoms with E-state index in [2.05, 4.69) is 25.4 Å². The molecule has 0 aliphatic heterocycles. The highest BCUT2D eigenvalue weighted by atomic mass is 16.1. The summed E-state index contributed by atoms with van der Waals surface area (Å²) in [5.74, 6) is 0.769. The van der Waals surface area contributed by atoms with Crippen LogP contribution in [0, 0.1) is 13.8 Å². The summed E-state index contributed by atoms with van der Waals surface area (Å²) in [7, 11) is 0.